The van der Waals surface area contributed by atoms with Crippen LogP contribution in [0.5, 0.6) is 5.75 Å². The van der Waals surface area contributed by atoms with Crippen LogP contribution in [-0.4, -0.2) is 19.6 Å². The van der Waals surface area contributed by atoms with Gasteiger partial charge in [-0.15, -0.1) is 23.8 Å². The van der Waals surface area contributed by atoms with Gasteiger partial charge in [0, 0.05) is 74.2 Å². The molecule has 0 aliphatic carbocycles. The number of aryl methyl sites for hydroxylation is 2. The standard InChI is InChI=1S/C64H64N3O.Pt/c1-39(2)47-30-48(40(3)4)32-50(31-47)45-25-26-58(42(6)29-45)67-59-20-16-19-54(60(59)66-62(67)55-37-53(63(7,8)9)38-56(61(55)68)64(10,11)12)51-33-49(43-17-14-13-15-18-43)34-52(35-51)57-36-46(27-28-65-57)44-23-21-41(5)22-24-44;/h13-34,36-40,68H,1-12H3;/q-1;/i5D3,6D3,7D3,8D3,9D3,10D3,11D3,12D3,39D,40D;. The Hall–Kier alpha value is -6.35. The maximum absolute atomic E-state index is 13.1. The van der Waals surface area contributed by atoms with Crippen molar-refractivity contribution in [1.82, 2.24) is 14.5 Å². The van der Waals surface area contributed by atoms with Gasteiger partial charge >= 0.3 is 0 Å². The third kappa shape index (κ3) is 9.93. The SMILES string of the molecule is [2H]C([2H])([2H])c1ccc(-c2ccnc(-c3[c-]c(-c4cccc5c4nc(-c4cc(C(C([2H])([2H])[2H])(C([2H])([2H])[2H])C([2H])([2H])[2H])cc(C(C([2H])([2H])[2H])(C([2H])([2H])[2H])C([2H])([2H])[2H])c4O)n5-c4ccc(-c5cc(C([2H])(C)C)cc(C([2H])(C)C)c5)cc4C([2H])([2H])[2H])cc(-c4ccccc4)c3)c2)cc1.[Pt]. The molecule has 0 atom stereocenters. The number of nitrogens with zero attached hydrogens (tertiary/aromatic N) is 3. The van der Waals surface area contributed by atoms with Crippen LogP contribution in [-0.2, 0) is 31.9 Å². The van der Waals surface area contributed by atoms with Crippen LogP contribution < -0.4 is 0 Å². The number of hydrogen-bond donors (Lipinski definition) is 1. The van der Waals surface area contributed by atoms with Crippen LogP contribution in [0.15, 0.2) is 152 Å². The van der Waals surface area contributed by atoms with E-state index in [2.05, 4.69) is 6.07 Å². The molecule has 69 heavy (non-hydrogen) atoms. The maximum Gasteiger partial charge on any atom is 0.148 e. The number of pyridine rings is 1. The molecule has 0 radical (unpaired) electrons. The average molecular weight is 1110 g/mol. The zero-order chi connectivity index (χ0) is 70.1. The van der Waals surface area contributed by atoms with Gasteiger partial charge in [0.25, 0.3) is 0 Å². The minimum atomic E-state index is -4.30. The summed E-state index contributed by atoms with van der Waals surface area (Å²) in [5, 5.41) is 13.1. The normalized spacial score (nSPS) is 19.3. The summed E-state index contributed by atoms with van der Waals surface area (Å²) in [6.07, 6.45) is 1.54. The zero-order valence-corrected chi connectivity index (χ0v) is 40.3. The molecule has 0 unspecified atom stereocenters. The Morgan fingerprint density at radius 1 is 0.594 bits per heavy atom. The van der Waals surface area contributed by atoms with E-state index in [9.17, 15) is 9.22 Å². The van der Waals surface area contributed by atoms with Crippen molar-refractivity contribution in [3.05, 3.63) is 191 Å². The Morgan fingerprint density at radius 3 is 1.94 bits per heavy atom. The second kappa shape index (κ2) is 19.2. The first kappa shape index (κ1) is 26.0. The number of para-hydroxylation sites is 1. The van der Waals surface area contributed by atoms with E-state index < -0.39 is 111 Å². The number of aromatic nitrogens is 3. The predicted octanol–water partition coefficient (Wildman–Crippen LogP) is 17.4. The third-order valence-corrected chi connectivity index (χ3v) is 12.1. The summed E-state index contributed by atoms with van der Waals surface area (Å²) < 4.78 is 229. The largest absolute Gasteiger partial charge is 0.507 e. The van der Waals surface area contributed by atoms with E-state index in [1.165, 1.54) is 42.5 Å². The number of phenolic OH excluding ortho intramolecular Hbond substituents is 1. The number of aromatic hydroxyl groups is 1. The van der Waals surface area contributed by atoms with Crippen molar-refractivity contribution in [3.8, 4) is 78.6 Å². The summed E-state index contributed by atoms with van der Waals surface area (Å²) in [6.45, 7) is -24.4. The first-order valence-corrected chi connectivity index (χ1v) is 21.8. The van der Waals surface area contributed by atoms with Gasteiger partial charge in [0.2, 0.25) is 0 Å². The van der Waals surface area contributed by atoms with Crippen LogP contribution in [0.3, 0.4) is 0 Å². The molecule has 9 aromatic rings. The number of benzene rings is 7. The molecule has 0 bridgehead atoms. The summed E-state index contributed by atoms with van der Waals surface area (Å²) >= 11 is 0. The molecule has 0 amide bonds. The molecule has 2 aromatic heterocycles. The number of imidazole rings is 1. The predicted molar refractivity (Wildman–Crippen MR) is 287 cm³/mol. The van der Waals surface area contributed by atoms with Crippen molar-refractivity contribution in [2.45, 2.75) is 105 Å². The number of fused-ring (bicyclic) bond motifs is 1. The van der Waals surface area contributed by atoms with Crippen molar-refractivity contribution in [2.75, 3.05) is 0 Å². The Bertz CT molecular complexity index is 4240. The quantitative estimate of drug-likeness (QED) is 0.147. The topological polar surface area (TPSA) is 50.9 Å². The van der Waals surface area contributed by atoms with E-state index in [-0.39, 0.29) is 66.1 Å². The molecule has 1 N–H and O–H groups in total. The fourth-order valence-corrected chi connectivity index (χ4v) is 8.40. The van der Waals surface area contributed by atoms with Crippen LogP contribution in [0.4, 0.5) is 0 Å². The molecule has 0 aliphatic heterocycles. The molecule has 0 fully saturated rings. The smallest absolute Gasteiger partial charge is 0.148 e. The van der Waals surface area contributed by atoms with Gasteiger partial charge in [-0.3, -0.25) is 9.55 Å². The van der Waals surface area contributed by atoms with Crippen LogP contribution in [0.1, 0.15) is 150 Å². The molecule has 2 heterocycles. The van der Waals surface area contributed by atoms with Gasteiger partial charge in [-0.1, -0.05) is 194 Å². The number of phenols is 1. The van der Waals surface area contributed by atoms with Gasteiger partial charge < -0.3 is 5.11 Å². The second-order valence-corrected chi connectivity index (χ2v) is 17.5. The van der Waals surface area contributed by atoms with Crippen LogP contribution in [0, 0.1) is 19.8 Å². The minimum absolute atomic E-state index is 0. The van der Waals surface area contributed by atoms with Crippen LogP contribution >= 0.6 is 0 Å². The Balaban J connectivity index is 0.0000116. The molecule has 9 rings (SSSR count). The van der Waals surface area contributed by atoms with Gasteiger partial charge in [0.1, 0.15) is 11.6 Å². The monoisotopic (exact) mass is 1110 g/mol. The molecule has 0 spiro atoms. The number of rotatable bonds is 9. The molecule has 7 aromatic carbocycles. The summed E-state index contributed by atoms with van der Waals surface area (Å²) in [7, 11) is 0. The molecular weight excluding hydrogens is 1020 g/mol. The maximum atomic E-state index is 13.1. The Morgan fingerprint density at radius 2 is 1.26 bits per heavy atom. The van der Waals surface area contributed by atoms with Crippen LogP contribution in [0.2, 0.25) is 0 Å². The Labute approximate surface area is 461 Å². The summed E-state index contributed by atoms with van der Waals surface area (Å²) in [6, 6.07) is 40.2. The van der Waals surface area contributed by atoms with Gasteiger partial charge in [-0.25, -0.2) is 4.98 Å². The van der Waals surface area contributed by atoms with Crippen molar-refractivity contribution in [1.29, 1.82) is 0 Å². The first-order chi connectivity index (χ1) is 42.9. The van der Waals surface area contributed by atoms with Crippen molar-refractivity contribution in [2.24, 2.45) is 0 Å². The van der Waals surface area contributed by atoms with E-state index in [1.807, 2.05) is 12.1 Å². The fraction of sp³-hybridized carbons (Fsp3) is 0.250. The van der Waals surface area contributed by atoms with Crippen molar-refractivity contribution in [3.63, 3.8) is 0 Å². The van der Waals surface area contributed by atoms with E-state index in [0.29, 0.717) is 56.3 Å². The van der Waals surface area contributed by atoms with E-state index in [4.69, 9.17) is 41.5 Å². The van der Waals surface area contributed by atoms with Crippen molar-refractivity contribution >= 4 is 11.0 Å². The molecule has 0 saturated carbocycles. The summed E-state index contributed by atoms with van der Waals surface area (Å²) in [5.41, 5.74) is -8.17. The molecule has 0 aliphatic rings. The molecule has 4 nitrogen and oxygen atoms in total. The zero-order valence-electron chi connectivity index (χ0n) is 64.0. The van der Waals surface area contributed by atoms with E-state index in [1.54, 1.807) is 113 Å². The van der Waals surface area contributed by atoms with E-state index >= 15 is 0 Å². The van der Waals surface area contributed by atoms with Crippen LogP contribution in [0.25, 0.3) is 83.9 Å². The number of hydrogen-bond acceptors (Lipinski definition) is 3. The Kier molecular flexibility index (Phi) is 7.25. The van der Waals surface area contributed by atoms with Gasteiger partial charge in [-0.2, -0.15) is 0 Å². The fourth-order valence-electron chi connectivity index (χ4n) is 8.40. The summed E-state index contributed by atoms with van der Waals surface area (Å²) in [4.78, 5) is 9.74. The minimum Gasteiger partial charge on any atom is -0.507 e. The second-order valence-electron chi connectivity index (χ2n) is 17.5. The average Bonchev–Trinajstić information content (AvgIpc) is 1.30. The molecule has 352 valence electrons. The van der Waals surface area contributed by atoms with Gasteiger partial charge in [-0.05, 0) is 117 Å². The first-order valence-electron chi connectivity index (χ1n) is 34.8. The van der Waals surface area contributed by atoms with Gasteiger partial charge in [0.05, 0.1) is 22.3 Å². The van der Waals surface area contributed by atoms with E-state index in [0.717, 1.165) is 4.57 Å². The third-order valence-electron chi connectivity index (χ3n) is 12.1. The van der Waals surface area contributed by atoms with Crippen molar-refractivity contribution < 1.29 is 61.8 Å². The van der Waals surface area contributed by atoms with Gasteiger partial charge in [0.15, 0.2) is 0 Å². The molecular formula is C64H64N3OPt-. The summed E-state index contributed by atoms with van der Waals surface area (Å²) in [5.74, 6) is -4.78. The molecule has 5 heteroatoms. The molecule has 0 saturated heterocycles.